The molecule has 0 N–H and O–H groups in total. The normalized spacial score (nSPS) is 18.6. The van der Waals surface area contributed by atoms with Gasteiger partial charge in [0.1, 0.15) is 6.07 Å². The second-order valence-electron chi connectivity index (χ2n) is 7.62. The molecule has 1 amide bonds. The molecule has 0 spiro atoms. The zero-order chi connectivity index (χ0) is 21.1. The fourth-order valence-corrected chi connectivity index (χ4v) is 5.44. The number of piperazine rings is 2. The van der Waals surface area contributed by atoms with Gasteiger partial charge in [-0.2, -0.15) is 5.26 Å². The molecule has 0 atom stereocenters. The first-order valence-corrected chi connectivity index (χ1v) is 11.7. The van der Waals surface area contributed by atoms with Crippen molar-refractivity contribution in [2.24, 2.45) is 0 Å². The average molecular weight is 493 g/mol. The van der Waals surface area contributed by atoms with Gasteiger partial charge in [0, 0.05) is 70.7 Å². The summed E-state index contributed by atoms with van der Waals surface area (Å²) in [7, 11) is 0. The number of nitrogens with zero attached hydrogens (tertiary/aromatic N) is 6. The lowest BCUT2D eigenvalue weighted by molar-refractivity contribution is -0.133. The number of thiophene rings is 1. The summed E-state index contributed by atoms with van der Waals surface area (Å²) >= 11 is 5.30. The van der Waals surface area contributed by atoms with Crippen molar-refractivity contribution < 1.29 is 9.21 Å². The van der Waals surface area contributed by atoms with Crippen molar-refractivity contribution in [1.29, 1.82) is 5.26 Å². The van der Waals surface area contributed by atoms with Crippen LogP contribution in [-0.2, 0) is 11.3 Å². The van der Waals surface area contributed by atoms with E-state index < -0.39 is 0 Å². The monoisotopic (exact) mass is 492 g/mol. The Labute approximate surface area is 188 Å². The number of oxazole rings is 1. The van der Waals surface area contributed by atoms with Crippen molar-refractivity contribution in [2.75, 3.05) is 63.8 Å². The standard InChI is InChI=1S/C20H25BrN6O2S/c1-15-23-17(12-22)20(29-15)27-10-8-26(9-11-27)19(28)14-25-6-4-24(5-7-25)13-16-2-3-18(21)30-16/h2-3H,4-11,13-14H2,1H3. The van der Waals surface area contributed by atoms with E-state index in [4.69, 9.17) is 4.42 Å². The van der Waals surface area contributed by atoms with E-state index in [-0.39, 0.29) is 5.91 Å². The van der Waals surface area contributed by atoms with E-state index in [1.165, 1.54) is 8.66 Å². The first-order chi connectivity index (χ1) is 14.5. The Kier molecular flexibility index (Phi) is 6.73. The molecular weight excluding hydrogens is 468 g/mol. The van der Waals surface area contributed by atoms with Crippen LogP contribution in [0.2, 0.25) is 0 Å². The Morgan fingerprint density at radius 3 is 2.50 bits per heavy atom. The van der Waals surface area contributed by atoms with E-state index in [0.717, 1.165) is 32.7 Å². The zero-order valence-electron chi connectivity index (χ0n) is 17.0. The van der Waals surface area contributed by atoms with Crippen molar-refractivity contribution in [3.8, 4) is 6.07 Å². The van der Waals surface area contributed by atoms with Gasteiger partial charge in [-0.05, 0) is 28.1 Å². The minimum Gasteiger partial charge on any atom is -0.424 e. The highest BCUT2D eigenvalue weighted by Crippen LogP contribution is 2.24. The molecule has 0 bridgehead atoms. The molecule has 4 heterocycles. The van der Waals surface area contributed by atoms with E-state index >= 15 is 0 Å². The topological polar surface area (TPSA) is 79.9 Å². The molecule has 10 heteroatoms. The number of anilines is 1. The second kappa shape index (κ2) is 9.47. The van der Waals surface area contributed by atoms with Crippen molar-refractivity contribution in [2.45, 2.75) is 13.5 Å². The Balaban J connectivity index is 1.21. The third-order valence-corrected chi connectivity index (χ3v) is 7.18. The van der Waals surface area contributed by atoms with Crippen LogP contribution in [0.25, 0.3) is 0 Å². The highest BCUT2D eigenvalue weighted by Gasteiger charge is 2.27. The fraction of sp³-hybridized carbons (Fsp3) is 0.550. The van der Waals surface area contributed by atoms with Crippen molar-refractivity contribution in [1.82, 2.24) is 19.7 Å². The number of aryl methyl sites for hydroxylation is 1. The number of aromatic nitrogens is 1. The minimum absolute atomic E-state index is 0.180. The van der Waals surface area contributed by atoms with Gasteiger partial charge >= 0.3 is 0 Å². The first kappa shape index (κ1) is 21.3. The zero-order valence-corrected chi connectivity index (χ0v) is 19.4. The highest BCUT2D eigenvalue weighted by molar-refractivity contribution is 9.11. The number of rotatable bonds is 5. The highest BCUT2D eigenvalue weighted by atomic mass is 79.9. The second-order valence-corrected chi connectivity index (χ2v) is 10.2. The van der Waals surface area contributed by atoms with Crippen LogP contribution in [0.4, 0.5) is 5.88 Å². The van der Waals surface area contributed by atoms with Gasteiger partial charge < -0.3 is 14.2 Å². The number of halogens is 1. The Hall–Kier alpha value is -1.93. The number of amides is 1. The molecule has 2 fully saturated rings. The largest absolute Gasteiger partial charge is 0.424 e. The van der Waals surface area contributed by atoms with Crippen molar-refractivity contribution >= 4 is 39.1 Å². The Morgan fingerprint density at radius 1 is 1.17 bits per heavy atom. The Bertz CT molecular complexity index is 922. The quantitative estimate of drug-likeness (QED) is 0.632. The van der Waals surface area contributed by atoms with Gasteiger partial charge in [0.15, 0.2) is 5.89 Å². The molecule has 0 unspecified atom stereocenters. The van der Waals surface area contributed by atoms with Crippen molar-refractivity contribution in [3.05, 3.63) is 32.4 Å². The van der Waals surface area contributed by atoms with Gasteiger partial charge in [0.2, 0.25) is 17.5 Å². The molecule has 0 radical (unpaired) electrons. The molecule has 2 aromatic rings. The molecule has 160 valence electrons. The lowest BCUT2D eigenvalue weighted by Crippen LogP contribution is -2.53. The lowest BCUT2D eigenvalue weighted by atomic mass is 10.2. The summed E-state index contributed by atoms with van der Waals surface area (Å²) in [4.78, 5) is 26.9. The van der Waals surface area contributed by atoms with Crippen LogP contribution in [0.3, 0.4) is 0 Å². The molecular formula is C20H25BrN6O2S. The average Bonchev–Trinajstić information content (AvgIpc) is 3.34. The van der Waals surface area contributed by atoms with Gasteiger partial charge in [-0.25, -0.2) is 4.98 Å². The van der Waals surface area contributed by atoms with Crippen LogP contribution in [0, 0.1) is 18.3 Å². The van der Waals surface area contributed by atoms with E-state index in [1.54, 1.807) is 18.3 Å². The molecule has 0 aromatic carbocycles. The van der Waals surface area contributed by atoms with Gasteiger partial charge in [-0.1, -0.05) is 0 Å². The smallest absolute Gasteiger partial charge is 0.236 e. The fourth-order valence-electron chi connectivity index (χ4n) is 3.92. The maximum atomic E-state index is 12.8. The maximum Gasteiger partial charge on any atom is 0.236 e. The molecule has 2 saturated heterocycles. The van der Waals surface area contributed by atoms with Gasteiger partial charge in [-0.3, -0.25) is 14.6 Å². The molecule has 2 aromatic heterocycles. The summed E-state index contributed by atoms with van der Waals surface area (Å²) in [5.41, 5.74) is 0.319. The van der Waals surface area contributed by atoms with Gasteiger partial charge in [0.25, 0.3) is 0 Å². The predicted octanol–water partition coefficient (Wildman–Crippen LogP) is 2.15. The Morgan fingerprint density at radius 2 is 1.87 bits per heavy atom. The molecule has 2 aliphatic rings. The van der Waals surface area contributed by atoms with Crippen LogP contribution in [0.1, 0.15) is 16.5 Å². The lowest BCUT2D eigenvalue weighted by Gasteiger charge is -2.37. The summed E-state index contributed by atoms with van der Waals surface area (Å²) < 4.78 is 6.76. The third-order valence-electron chi connectivity index (χ3n) is 5.57. The number of carbonyl (C=O) groups is 1. The third kappa shape index (κ3) is 5.03. The number of hydrogen-bond acceptors (Lipinski definition) is 8. The van der Waals surface area contributed by atoms with Crippen molar-refractivity contribution in [3.63, 3.8) is 0 Å². The number of hydrogen-bond donors (Lipinski definition) is 0. The molecule has 8 nitrogen and oxygen atoms in total. The molecule has 0 saturated carbocycles. The van der Waals surface area contributed by atoms with E-state index in [2.05, 4.69) is 48.9 Å². The minimum atomic E-state index is 0.180. The van der Waals surface area contributed by atoms with Gasteiger partial charge in [0.05, 0.1) is 10.3 Å². The maximum absolute atomic E-state index is 12.8. The van der Waals surface area contributed by atoms with Crippen LogP contribution in [0.15, 0.2) is 20.3 Å². The summed E-state index contributed by atoms with van der Waals surface area (Å²) in [6, 6.07) is 6.35. The molecule has 0 aliphatic carbocycles. The van der Waals surface area contributed by atoms with E-state index in [9.17, 15) is 10.1 Å². The summed E-state index contributed by atoms with van der Waals surface area (Å²) in [5.74, 6) is 1.20. The van der Waals surface area contributed by atoms with Gasteiger partial charge in [-0.15, -0.1) is 11.3 Å². The van der Waals surface area contributed by atoms with Crippen LogP contribution in [0.5, 0.6) is 0 Å². The SMILES string of the molecule is Cc1nc(C#N)c(N2CCN(C(=O)CN3CCN(Cc4ccc(Br)s4)CC3)CC2)o1. The van der Waals surface area contributed by atoms with Crippen LogP contribution >= 0.6 is 27.3 Å². The predicted molar refractivity (Wildman–Crippen MR) is 118 cm³/mol. The summed E-state index contributed by atoms with van der Waals surface area (Å²) in [6.45, 7) is 9.57. The number of carbonyl (C=O) groups excluding carboxylic acids is 1. The van der Waals surface area contributed by atoms with E-state index in [0.29, 0.717) is 50.2 Å². The molecule has 4 rings (SSSR count). The first-order valence-electron chi connectivity index (χ1n) is 10.1. The summed E-state index contributed by atoms with van der Waals surface area (Å²) in [5, 5.41) is 9.21. The number of nitriles is 1. The van der Waals surface area contributed by atoms with E-state index in [1.807, 2.05) is 9.80 Å². The van der Waals surface area contributed by atoms with Crippen LogP contribution < -0.4 is 4.90 Å². The molecule has 2 aliphatic heterocycles. The molecule has 30 heavy (non-hydrogen) atoms. The van der Waals surface area contributed by atoms with Crippen LogP contribution in [-0.4, -0.2) is 84.5 Å². The summed E-state index contributed by atoms with van der Waals surface area (Å²) in [6.07, 6.45) is 0.